The summed E-state index contributed by atoms with van der Waals surface area (Å²) >= 11 is 0. The van der Waals surface area contributed by atoms with Gasteiger partial charge in [-0.1, -0.05) is 18.2 Å². The van der Waals surface area contributed by atoms with E-state index in [1.165, 1.54) is 0 Å². The molecule has 0 heterocycles. The lowest BCUT2D eigenvalue weighted by Gasteiger charge is -1.90. The summed E-state index contributed by atoms with van der Waals surface area (Å²) in [6.07, 6.45) is 0.899. The van der Waals surface area contributed by atoms with Crippen molar-refractivity contribution >= 4 is 5.69 Å². The summed E-state index contributed by atoms with van der Waals surface area (Å²) in [4.78, 5) is 0. The molecule has 2 N–H and O–H groups in total. The monoisotopic (exact) mass is 163 g/mol. The van der Waals surface area contributed by atoms with Crippen molar-refractivity contribution in [2.24, 2.45) is 16.0 Å². The van der Waals surface area contributed by atoms with Gasteiger partial charge in [0.15, 0.2) is 0 Å². The maximum atomic E-state index is 5.31. The van der Waals surface area contributed by atoms with Crippen LogP contribution in [0.2, 0.25) is 0 Å². The summed E-state index contributed by atoms with van der Waals surface area (Å²) in [7, 11) is 0. The summed E-state index contributed by atoms with van der Waals surface area (Å²) < 4.78 is 0. The third-order valence-corrected chi connectivity index (χ3v) is 1.40. The molecule has 3 heteroatoms. The standard InChI is InChI=1S/C9H13N3/c10-7-4-8-11-12-9-5-2-1-3-6-9/h1-3,5-6H,4,7-8,10H2. The molecule has 0 unspecified atom stereocenters. The van der Waals surface area contributed by atoms with Crippen LogP contribution < -0.4 is 5.73 Å². The van der Waals surface area contributed by atoms with Crippen molar-refractivity contribution in [3.05, 3.63) is 30.3 Å². The lowest BCUT2D eigenvalue weighted by molar-refractivity contribution is 0.812. The van der Waals surface area contributed by atoms with Crippen LogP contribution in [0.4, 0.5) is 5.69 Å². The second-order valence-electron chi connectivity index (χ2n) is 2.44. The van der Waals surface area contributed by atoms with Crippen molar-refractivity contribution in [2.75, 3.05) is 13.1 Å². The Balaban J connectivity index is 2.36. The number of rotatable bonds is 4. The van der Waals surface area contributed by atoms with Gasteiger partial charge in [-0.3, -0.25) is 0 Å². The van der Waals surface area contributed by atoms with E-state index >= 15 is 0 Å². The first-order valence-electron chi connectivity index (χ1n) is 4.06. The molecule has 1 aromatic carbocycles. The third kappa shape index (κ3) is 3.25. The Bertz CT molecular complexity index is 231. The Morgan fingerprint density at radius 1 is 1.17 bits per heavy atom. The van der Waals surface area contributed by atoms with Gasteiger partial charge in [-0.15, -0.1) is 0 Å². The molecule has 0 aromatic heterocycles. The van der Waals surface area contributed by atoms with Gasteiger partial charge in [-0.2, -0.15) is 10.2 Å². The van der Waals surface area contributed by atoms with Crippen LogP contribution in [0.15, 0.2) is 40.6 Å². The highest BCUT2D eigenvalue weighted by Crippen LogP contribution is 2.09. The molecule has 0 saturated heterocycles. The molecule has 0 atom stereocenters. The lowest BCUT2D eigenvalue weighted by Crippen LogP contribution is -1.99. The molecule has 64 valence electrons. The normalized spacial score (nSPS) is 10.8. The predicted molar refractivity (Wildman–Crippen MR) is 49.5 cm³/mol. The topological polar surface area (TPSA) is 50.7 Å². The lowest BCUT2D eigenvalue weighted by atomic mass is 10.3. The Labute approximate surface area is 72.3 Å². The van der Waals surface area contributed by atoms with Crippen molar-refractivity contribution in [1.29, 1.82) is 0 Å². The second-order valence-corrected chi connectivity index (χ2v) is 2.44. The highest BCUT2D eigenvalue weighted by Gasteiger charge is 1.83. The van der Waals surface area contributed by atoms with Crippen LogP contribution in [-0.4, -0.2) is 13.1 Å². The van der Waals surface area contributed by atoms with Crippen molar-refractivity contribution < 1.29 is 0 Å². The molecule has 0 aliphatic carbocycles. The van der Waals surface area contributed by atoms with E-state index < -0.39 is 0 Å². The van der Waals surface area contributed by atoms with Crippen molar-refractivity contribution in [3.8, 4) is 0 Å². The van der Waals surface area contributed by atoms with Gasteiger partial charge in [0, 0.05) is 0 Å². The van der Waals surface area contributed by atoms with Gasteiger partial charge in [0.1, 0.15) is 0 Å². The van der Waals surface area contributed by atoms with E-state index in [9.17, 15) is 0 Å². The summed E-state index contributed by atoms with van der Waals surface area (Å²) in [5, 5.41) is 7.99. The smallest absolute Gasteiger partial charge is 0.0852 e. The molecule has 1 aromatic rings. The number of nitrogens with two attached hydrogens (primary N) is 1. The van der Waals surface area contributed by atoms with Gasteiger partial charge in [0.2, 0.25) is 0 Å². The predicted octanol–water partition coefficient (Wildman–Crippen LogP) is 2.12. The number of azo groups is 1. The van der Waals surface area contributed by atoms with Gasteiger partial charge in [-0.05, 0) is 25.1 Å². The molecule has 0 aliphatic rings. The summed E-state index contributed by atoms with van der Waals surface area (Å²) in [6, 6.07) is 9.69. The van der Waals surface area contributed by atoms with Crippen molar-refractivity contribution in [1.82, 2.24) is 0 Å². The maximum Gasteiger partial charge on any atom is 0.0852 e. The Morgan fingerprint density at radius 3 is 2.58 bits per heavy atom. The van der Waals surface area contributed by atoms with E-state index in [0.29, 0.717) is 13.1 Å². The number of hydrogen-bond donors (Lipinski definition) is 1. The molecule has 12 heavy (non-hydrogen) atoms. The SMILES string of the molecule is NCCCN=Nc1ccccc1. The van der Waals surface area contributed by atoms with E-state index in [2.05, 4.69) is 10.2 Å². The largest absolute Gasteiger partial charge is 0.330 e. The van der Waals surface area contributed by atoms with Crippen LogP contribution in [0.1, 0.15) is 6.42 Å². The number of nitrogens with zero attached hydrogens (tertiary/aromatic N) is 2. The Kier molecular flexibility index (Phi) is 4.02. The first kappa shape index (κ1) is 8.87. The van der Waals surface area contributed by atoms with Crippen LogP contribution in [0, 0.1) is 0 Å². The average Bonchev–Trinajstić information content (AvgIpc) is 2.14. The van der Waals surface area contributed by atoms with Crippen molar-refractivity contribution in [3.63, 3.8) is 0 Å². The molecule has 0 aliphatic heterocycles. The van der Waals surface area contributed by atoms with Crippen LogP contribution in [0.5, 0.6) is 0 Å². The zero-order chi connectivity index (χ0) is 8.65. The summed E-state index contributed by atoms with van der Waals surface area (Å²) in [5.74, 6) is 0. The molecule has 0 amide bonds. The van der Waals surface area contributed by atoms with Crippen LogP contribution >= 0.6 is 0 Å². The van der Waals surface area contributed by atoms with Crippen LogP contribution in [0.25, 0.3) is 0 Å². The molecule has 0 radical (unpaired) electrons. The molecule has 1 rings (SSSR count). The van der Waals surface area contributed by atoms with Gasteiger partial charge >= 0.3 is 0 Å². The second kappa shape index (κ2) is 5.43. The zero-order valence-corrected chi connectivity index (χ0v) is 6.98. The Hall–Kier alpha value is -1.22. The average molecular weight is 163 g/mol. The molecular formula is C9H13N3. The van der Waals surface area contributed by atoms with Crippen LogP contribution in [0.3, 0.4) is 0 Å². The zero-order valence-electron chi connectivity index (χ0n) is 6.98. The maximum absolute atomic E-state index is 5.31. The van der Waals surface area contributed by atoms with Gasteiger partial charge in [0.05, 0.1) is 12.2 Å². The summed E-state index contributed by atoms with van der Waals surface area (Å²) in [5.41, 5.74) is 6.20. The third-order valence-electron chi connectivity index (χ3n) is 1.40. The first-order chi connectivity index (χ1) is 5.93. The van der Waals surface area contributed by atoms with Crippen LogP contribution in [-0.2, 0) is 0 Å². The van der Waals surface area contributed by atoms with Crippen molar-refractivity contribution in [2.45, 2.75) is 6.42 Å². The fraction of sp³-hybridized carbons (Fsp3) is 0.333. The van der Waals surface area contributed by atoms with Gasteiger partial charge in [0.25, 0.3) is 0 Å². The molecule has 0 spiro atoms. The molecular weight excluding hydrogens is 150 g/mol. The number of hydrogen-bond acceptors (Lipinski definition) is 3. The number of benzene rings is 1. The Morgan fingerprint density at radius 2 is 1.92 bits per heavy atom. The molecule has 0 bridgehead atoms. The minimum Gasteiger partial charge on any atom is -0.330 e. The van der Waals surface area contributed by atoms with E-state index in [-0.39, 0.29) is 0 Å². The highest BCUT2D eigenvalue weighted by molar-refractivity contribution is 5.34. The molecule has 0 fully saturated rings. The fourth-order valence-corrected chi connectivity index (χ4v) is 0.788. The minimum atomic E-state index is 0.674. The summed E-state index contributed by atoms with van der Waals surface area (Å²) in [6.45, 7) is 1.39. The fourth-order valence-electron chi connectivity index (χ4n) is 0.788. The molecule has 0 saturated carbocycles. The highest BCUT2D eigenvalue weighted by atomic mass is 15.1. The van der Waals surface area contributed by atoms with E-state index in [1.54, 1.807) is 0 Å². The van der Waals surface area contributed by atoms with Gasteiger partial charge < -0.3 is 5.73 Å². The van der Waals surface area contributed by atoms with Gasteiger partial charge in [-0.25, -0.2) is 0 Å². The minimum absolute atomic E-state index is 0.674. The van der Waals surface area contributed by atoms with E-state index in [1.807, 2.05) is 30.3 Å². The van der Waals surface area contributed by atoms with E-state index in [4.69, 9.17) is 5.73 Å². The van der Waals surface area contributed by atoms with E-state index in [0.717, 1.165) is 12.1 Å². The first-order valence-corrected chi connectivity index (χ1v) is 4.06. The quantitative estimate of drug-likeness (QED) is 0.536. The molecule has 3 nitrogen and oxygen atoms in total.